The quantitative estimate of drug-likeness (QED) is 0.827. The van der Waals surface area contributed by atoms with Gasteiger partial charge in [-0.25, -0.2) is 0 Å². The summed E-state index contributed by atoms with van der Waals surface area (Å²) in [7, 11) is 0. The van der Waals surface area contributed by atoms with E-state index in [1.165, 1.54) is 0 Å². The first kappa shape index (κ1) is 14.3. The second kappa shape index (κ2) is 6.88. The maximum Gasteiger partial charge on any atom is 0.154 e. The standard InChI is InChI=1S/C17H14ClNO/c18-15-8-4-7-14(11-15)16(12-19)17(20)10-9-13-5-2-1-3-6-13/h1-8,11,16H,9-10H2. The SMILES string of the molecule is N#CC(C(=O)CCc1ccccc1)c1cccc(Cl)c1. The summed E-state index contributed by atoms with van der Waals surface area (Å²) < 4.78 is 0. The number of nitriles is 1. The molecule has 1 atom stereocenters. The van der Waals surface area contributed by atoms with Gasteiger partial charge in [-0.2, -0.15) is 5.26 Å². The van der Waals surface area contributed by atoms with Crippen molar-refractivity contribution in [3.05, 3.63) is 70.7 Å². The van der Waals surface area contributed by atoms with Crippen molar-refractivity contribution in [1.29, 1.82) is 5.26 Å². The number of hydrogen-bond donors (Lipinski definition) is 0. The predicted molar refractivity (Wildman–Crippen MR) is 79.6 cm³/mol. The highest BCUT2D eigenvalue weighted by molar-refractivity contribution is 6.30. The van der Waals surface area contributed by atoms with Crippen LogP contribution in [0.3, 0.4) is 0 Å². The number of ketones is 1. The van der Waals surface area contributed by atoms with E-state index < -0.39 is 5.92 Å². The molecule has 0 radical (unpaired) electrons. The van der Waals surface area contributed by atoms with E-state index in [0.717, 1.165) is 5.56 Å². The molecule has 2 aromatic rings. The Balaban J connectivity index is 2.05. The second-order valence-corrected chi connectivity index (χ2v) is 5.01. The van der Waals surface area contributed by atoms with Crippen molar-refractivity contribution in [2.24, 2.45) is 0 Å². The minimum Gasteiger partial charge on any atom is -0.298 e. The topological polar surface area (TPSA) is 40.9 Å². The van der Waals surface area contributed by atoms with Crippen LogP contribution < -0.4 is 0 Å². The van der Waals surface area contributed by atoms with E-state index >= 15 is 0 Å². The fraction of sp³-hybridized carbons (Fsp3) is 0.176. The fourth-order valence-electron chi connectivity index (χ4n) is 2.08. The first-order chi connectivity index (χ1) is 9.70. The Morgan fingerprint density at radius 2 is 1.90 bits per heavy atom. The number of Topliss-reactive ketones (excluding diaryl/α,β-unsaturated/α-hetero) is 1. The Kier molecular flexibility index (Phi) is 4.92. The molecule has 2 aromatic carbocycles. The molecule has 0 heterocycles. The largest absolute Gasteiger partial charge is 0.298 e. The molecule has 0 aliphatic rings. The van der Waals surface area contributed by atoms with Crippen molar-refractivity contribution in [2.75, 3.05) is 0 Å². The molecular weight excluding hydrogens is 270 g/mol. The third kappa shape index (κ3) is 3.69. The lowest BCUT2D eigenvalue weighted by Crippen LogP contribution is -2.11. The monoisotopic (exact) mass is 283 g/mol. The van der Waals surface area contributed by atoms with Crippen molar-refractivity contribution in [3.63, 3.8) is 0 Å². The van der Waals surface area contributed by atoms with Gasteiger partial charge in [0.25, 0.3) is 0 Å². The van der Waals surface area contributed by atoms with Gasteiger partial charge in [0, 0.05) is 11.4 Å². The van der Waals surface area contributed by atoms with Crippen molar-refractivity contribution < 1.29 is 4.79 Å². The number of halogens is 1. The van der Waals surface area contributed by atoms with Crippen LogP contribution in [0.2, 0.25) is 5.02 Å². The molecule has 2 rings (SSSR count). The zero-order valence-corrected chi connectivity index (χ0v) is 11.7. The molecule has 0 fully saturated rings. The first-order valence-electron chi connectivity index (χ1n) is 6.42. The molecule has 0 spiro atoms. The van der Waals surface area contributed by atoms with E-state index in [1.807, 2.05) is 30.3 Å². The minimum absolute atomic E-state index is 0.0707. The van der Waals surface area contributed by atoms with Gasteiger partial charge in [0.1, 0.15) is 5.92 Å². The lowest BCUT2D eigenvalue weighted by Gasteiger charge is -2.09. The molecule has 0 saturated carbocycles. The van der Waals surface area contributed by atoms with Crippen molar-refractivity contribution in [3.8, 4) is 6.07 Å². The van der Waals surface area contributed by atoms with E-state index in [-0.39, 0.29) is 5.78 Å². The van der Waals surface area contributed by atoms with Crippen LogP contribution in [0.5, 0.6) is 0 Å². The van der Waals surface area contributed by atoms with Gasteiger partial charge in [0.15, 0.2) is 5.78 Å². The smallest absolute Gasteiger partial charge is 0.154 e. The summed E-state index contributed by atoms with van der Waals surface area (Å²) in [4.78, 5) is 12.2. The molecule has 0 bridgehead atoms. The molecule has 1 unspecified atom stereocenters. The Hall–Kier alpha value is -2.11. The molecule has 0 aromatic heterocycles. The van der Waals surface area contributed by atoms with E-state index in [1.54, 1.807) is 24.3 Å². The van der Waals surface area contributed by atoms with Gasteiger partial charge in [0.2, 0.25) is 0 Å². The molecule has 3 heteroatoms. The van der Waals surface area contributed by atoms with Crippen LogP contribution >= 0.6 is 11.6 Å². The number of nitrogens with zero attached hydrogens (tertiary/aromatic N) is 1. The number of aryl methyl sites for hydroxylation is 1. The third-order valence-corrected chi connectivity index (χ3v) is 3.37. The summed E-state index contributed by atoms with van der Waals surface area (Å²) in [6.07, 6.45) is 1.01. The molecule has 0 N–H and O–H groups in total. The highest BCUT2D eigenvalue weighted by Gasteiger charge is 2.19. The van der Waals surface area contributed by atoms with Gasteiger partial charge in [0.05, 0.1) is 6.07 Å². The molecular formula is C17H14ClNO. The molecule has 0 aliphatic carbocycles. The van der Waals surface area contributed by atoms with Gasteiger partial charge < -0.3 is 0 Å². The van der Waals surface area contributed by atoms with Crippen molar-refractivity contribution in [2.45, 2.75) is 18.8 Å². The molecule has 0 amide bonds. The fourth-order valence-corrected chi connectivity index (χ4v) is 2.27. The van der Waals surface area contributed by atoms with E-state index in [0.29, 0.717) is 23.4 Å². The summed E-state index contributed by atoms with van der Waals surface area (Å²) in [5, 5.41) is 9.76. The molecule has 2 nitrogen and oxygen atoms in total. The number of carbonyl (C=O) groups excluding carboxylic acids is 1. The van der Waals surface area contributed by atoms with Crippen LogP contribution in [0.15, 0.2) is 54.6 Å². The maximum absolute atomic E-state index is 12.2. The minimum atomic E-state index is -0.739. The maximum atomic E-state index is 12.2. The summed E-state index contributed by atoms with van der Waals surface area (Å²) in [5.74, 6) is -0.809. The van der Waals surface area contributed by atoms with Crippen LogP contribution in [0.25, 0.3) is 0 Å². The normalized spacial score (nSPS) is 11.6. The van der Waals surface area contributed by atoms with Gasteiger partial charge in [-0.1, -0.05) is 54.1 Å². The zero-order valence-electron chi connectivity index (χ0n) is 10.9. The Morgan fingerprint density at radius 1 is 1.15 bits per heavy atom. The van der Waals surface area contributed by atoms with Gasteiger partial charge in [-0.3, -0.25) is 4.79 Å². The van der Waals surface area contributed by atoms with E-state index in [9.17, 15) is 10.1 Å². The van der Waals surface area contributed by atoms with Crippen LogP contribution in [0.4, 0.5) is 0 Å². The highest BCUT2D eigenvalue weighted by atomic mass is 35.5. The van der Waals surface area contributed by atoms with Gasteiger partial charge >= 0.3 is 0 Å². The van der Waals surface area contributed by atoms with Crippen LogP contribution in [-0.4, -0.2) is 5.78 Å². The highest BCUT2D eigenvalue weighted by Crippen LogP contribution is 2.21. The van der Waals surface area contributed by atoms with Gasteiger partial charge in [-0.15, -0.1) is 0 Å². The molecule has 0 saturated heterocycles. The summed E-state index contributed by atoms with van der Waals surface area (Å²) in [5.41, 5.74) is 1.77. The van der Waals surface area contributed by atoms with Crippen molar-refractivity contribution >= 4 is 17.4 Å². The van der Waals surface area contributed by atoms with Gasteiger partial charge in [-0.05, 0) is 29.7 Å². The zero-order chi connectivity index (χ0) is 14.4. The average molecular weight is 284 g/mol. The Labute approximate surface area is 123 Å². The molecule has 100 valence electrons. The lowest BCUT2D eigenvalue weighted by molar-refractivity contribution is -0.119. The third-order valence-electron chi connectivity index (χ3n) is 3.14. The summed E-state index contributed by atoms with van der Waals surface area (Å²) in [6.45, 7) is 0. The Bertz CT molecular complexity index is 631. The van der Waals surface area contributed by atoms with Crippen LogP contribution in [-0.2, 0) is 11.2 Å². The van der Waals surface area contributed by atoms with Crippen molar-refractivity contribution in [1.82, 2.24) is 0 Å². The summed E-state index contributed by atoms with van der Waals surface area (Å²) >= 11 is 5.90. The first-order valence-corrected chi connectivity index (χ1v) is 6.80. The average Bonchev–Trinajstić information content (AvgIpc) is 2.47. The number of benzene rings is 2. The number of carbonyl (C=O) groups is 1. The number of hydrogen-bond acceptors (Lipinski definition) is 2. The molecule has 20 heavy (non-hydrogen) atoms. The van der Waals surface area contributed by atoms with E-state index in [2.05, 4.69) is 6.07 Å². The van der Waals surface area contributed by atoms with Crippen LogP contribution in [0, 0.1) is 11.3 Å². The predicted octanol–water partition coefficient (Wildman–Crippen LogP) is 4.15. The molecule has 0 aliphatic heterocycles. The van der Waals surface area contributed by atoms with E-state index in [4.69, 9.17) is 11.6 Å². The number of rotatable bonds is 5. The Morgan fingerprint density at radius 3 is 2.55 bits per heavy atom. The second-order valence-electron chi connectivity index (χ2n) is 4.57. The lowest BCUT2D eigenvalue weighted by atomic mass is 9.92. The summed E-state index contributed by atoms with van der Waals surface area (Å²) in [6, 6.07) is 18.8. The van der Waals surface area contributed by atoms with Crippen LogP contribution in [0.1, 0.15) is 23.5 Å².